The first-order chi connectivity index (χ1) is 16.7. The second-order valence-corrected chi connectivity index (χ2v) is 10.6. The zero-order valence-electron chi connectivity index (χ0n) is 18.8. The summed E-state index contributed by atoms with van der Waals surface area (Å²) in [6, 6.07) is 4.00. The molecule has 0 atom stereocenters. The molecule has 0 amide bonds. The van der Waals surface area contributed by atoms with Gasteiger partial charge in [0.15, 0.2) is 0 Å². The summed E-state index contributed by atoms with van der Waals surface area (Å²) in [4.78, 5) is 35.0. The van der Waals surface area contributed by atoms with Gasteiger partial charge in [-0.1, -0.05) is 0 Å². The molecular formula is C26H24N4O3S. The van der Waals surface area contributed by atoms with Gasteiger partial charge in [-0.15, -0.1) is 11.3 Å². The van der Waals surface area contributed by atoms with Crippen molar-refractivity contribution in [2.24, 2.45) is 5.10 Å². The van der Waals surface area contributed by atoms with E-state index in [1.54, 1.807) is 11.3 Å². The molecule has 1 aliphatic carbocycles. The van der Waals surface area contributed by atoms with Gasteiger partial charge in [0.05, 0.1) is 17.2 Å². The summed E-state index contributed by atoms with van der Waals surface area (Å²) in [7, 11) is 0. The zero-order chi connectivity index (χ0) is 22.8. The summed E-state index contributed by atoms with van der Waals surface area (Å²) in [5, 5.41) is 5.93. The molecule has 7 rings (SSSR count). The molecule has 2 aliphatic heterocycles. The van der Waals surface area contributed by atoms with Gasteiger partial charge < -0.3 is 9.32 Å². The molecule has 5 heterocycles. The number of hydrogen-bond donors (Lipinski definition) is 0. The number of hydrogen-bond acceptors (Lipinski definition) is 7. The Morgan fingerprint density at radius 1 is 1.00 bits per heavy atom. The molecule has 0 unspecified atom stereocenters. The quantitative estimate of drug-likeness (QED) is 0.325. The van der Waals surface area contributed by atoms with Gasteiger partial charge in [-0.05, 0) is 74.6 Å². The van der Waals surface area contributed by atoms with Gasteiger partial charge in [0.25, 0.3) is 5.56 Å². The van der Waals surface area contributed by atoms with Gasteiger partial charge in [-0.3, -0.25) is 4.79 Å². The number of nitrogens with zero attached hydrogens (tertiary/aromatic N) is 4. The first-order valence-electron chi connectivity index (χ1n) is 12.1. The van der Waals surface area contributed by atoms with Crippen LogP contribution in [0, 0.1) is 0 Å². The molecular weight excluding hydrogens is 448 g/mol. The first-order valence-corrected chi connectivity index (χ1v) is 12.9. The van der Waals surface area contributed by atoms with Gasteiger partial charge in [-0.2, -0.15) is 9.78 Å². The van der Waals surface area contributed by atoms with Crippen LogP contribution in [-0.2, 0) is 25.7 Å². The van der Waals surface area contributed by atoms with Crippen molar-refractivity contribution >= 4 is 44.4 Å². The number of anilines is 1. The lowest BCUT2D eigenvalue weighted by molar-refractivity contribution is 0.548. The second-order valence-electron chi connectivity index (χ2n) is 9.49. The Bertz CT molecular complexity index is 1630. The third-order valence-corrected chi connectivity index (χ3v) is 8.62. The number of rotatable bonds is 2. The Labute approximate surface area is 199 Å². The summed E-state index contributed by atoms with van der Waals surface area (Å²) in [6.07, 6.45) is 11.2. The molecule has 7 nitrogen and oxygen atoms in total. The molecule has 0 saturated heterocycles. The van der Waals surface area contributed by atoms with E-state index in [2.05, 4.69) is 21.1 Å². The molecule has 172 valence electrons. The summed E-state index contributed by atoms with van der Waals surface area (Å²) in [5.41, 5.74) is 5.32. The van der Waals surface area contributed by atoms with Crippen LogP contribution in [0.25, 0.3) is 21.2 Å². The lowest BCUT2D eigenvalue weighted by atomic mass is 9.90. The molecule has 8 heteroatoms. The molecule has 0 radical (unpaired) electrons. The van der Waals surface area contributed by atoms with Crippen LogP contribution in [0.4, 0.5) is 5.69 Å². The van der Waals surface area contributed by atoms with Crippen LogP contribution in [0.1, 0.15) is 52.8 Å². The predicted octanol–water partition coefficient (Wildman–Crippen LogP) is 4.02. The maximum atomic E-state index is 13.2. The topological polar surface area (TPSA) is 80.7 Å². The molecule has 3 aliphatic rings. The van der Waals surface area contributed by atoms with Gasteiger partial charge in [0.2, 0.25) is 0 Å². The Morgan fingerprint density at radius 2 is 1.82 bits per heavy atom. The zero-order valence-corrected chi connectivity index (χ0v) is 19.6. The first kappa shape index (κ1) is 20.1. The van der Waals surface area contributed by atoms with E-state index in [0.29, 0.717) is 16.5 Å². The van der Waals surface area contributed by atoms with Crippen molar-refractivity contribution in [3.05, 3.63) is 66.4 Å². The Morgan fingerprint density at radius 3 is 2.74 bits per heavy atom. The van der Waals surface area contributed by atoms with Gasteiger partial charge in [-0.25, -0.2) is 9.78 Å². The number of benzene rings is 1. The number of aryl methyl sites for hydroxylation is 4. The average molecular weight is 473 g/mol. The predicted molar refractivity (Wildman–Crippen MR) is 135 cm³/mol. The average Bonchev–Trinajstić information content (AvgIpc) is 3.24. The van der Waals surface area contributed by atoms with Crippen LogP contribution in [0.2, 0.25) is 0 Å². The van der Waals surface area contributed by atoms with Crippen molar-refractivity contribution in [1.82, 2.24) is 9.66 Å². The van der Waals surface area contributed by atoms with Gasteiger partial charge in [0.1, 0.15) is 16.7 Å². The molecule has 3 aromatic heterocycles. The lowest BCUT2D eigenvalue weighted by Crippen LogP contribution is -2.34. The van der Waals surface area contributed by atoms with Crippen molar-refractivity contribution in [2.75, 3.05) is 18.0 Å². The minimum absolute atomic E-state index is 0.176. The minimum atomic E-state index is -0.435. The highest BCUT2D eigenvalue weighted by Gasteiger charge is 2.27. The molecule has 0 saturated carbocycles. The third-order valence-electron chi connectivity index (χ3n) is 7.42. The van der Waals surface area contributed by atoms with Gasteiger partial charge in [0, 0.05) is 34.6 Å². The van der Waals surface area contributed by atoms with E-state index in [4.69, 9.17) is 4.42 Å². The number of fused-ring (bicyclic) bond motifs is 5. The monoisotopic (exact) mass is 472 g/mol. The van der Waals surface area contributed by atoms with Crippen LogP contribution in [0.3, 0.4) is 0 Å². The number of aromatic nitrogens is 2. The normalized spacial score (nSPS) is 17.5. The third kappa shape index (κ3) is 3.01. The van der Waals surface area contributed by atoms with Crippen LogP contribution in [0.5, 0.6) is 0 Å². The maximum Gasteiger partial charge on any atom is 0.345 e. The highest BCUT2D eigenvalue weighted by molar-refractivity contribution is 7.18. The molecule has 0 spiro atoms. The Hall–Kier alpha value is -3.26. The molecule has 0 N–H and O–H groups in total. The molecule has 0 fully saturated rings. The van der Waals surface area contributed by atoms with E-state index in [9.17, 15) is 9.59 Å². The molecule has 4 aromatic rings. The number of thiophene rings is 1. The molecule has 0 bridgehead atoms. The summed E-state index contributed by atoms with van der Waals surface area (Å²) in [5.74, 6) is 0. The van der Waals surface area contributed by atoms with Gasteiger partial charge >= 0.3 is 5.63 Å². The standard InChI is InChI=1S/C26H24N4O3S/c31-25-21-18-6-1-2-8-20(18)34-24(21)27-14-30(25)28-13-17-12-16-11-15-5-3-9-29-10-4-7-19(22(15)29)23(16)33-26(17)32/h11-14H,1-10H2/b28-13-. The Kier molecular flexibility index (Phi) is 4.52. The lowest BCUT2D eigenvalue weighted by Gasteiger charge is -2.37. The van der Waals surface area contributed by atoms with Crippen molar-refractivity contribution in [3.8, 4) is 0 Å². The fourth-order valence-corrected chi connectivity index (χ4v) is 7.12. The van der Waals surface area contributed by atoms with Crippen molar-refractivity contribution in [1.29, 1.82) is 0 Å². The van der Waals surface area contributed by atoms with E-state index < -0.39 is 5.63 Å². The van der Waals surface area contributed by atoms with E-state index in [-0.39, 0.29) is 5.56 Å². The van der Waals surface area contributed by atoms with Crippen LogP contribution in [0.15, 0.2) is 37.6 Å². The summed E-state index contributed by atoms with van der Waals surface area (Å²) < 4.78 is 7.08. The van der Waals surface area contributed by atoms with Crippen LogP contribution in [-0.4, -0.2) is 29.0 Å². The van der Waals surface area contributed by atoms with Crippen LogP contribution >= 0.6 is 11.3 Å². The summed E-state index contributed by atoms with van der Waals surface area (Å²) >= 11 is 1.62. The van der Waals surface area contributed by atoms with Crippen molar-refractivity contribution < 1.29 is 4.42 Å². The van der Waals surface area contributed by atoms with E-state index >= 15 is 0 Å². The molecule has 34 heavy (non-hydrogen) atoms. The van der Waals surface area contributed by atoms with Crippen molar-refractivity contribution in [2.45, 2.75) is 51.4 Å². The largest absolute Gasteiger partial charge is 0.422 e. The summed E-state index contributed by atoms with van der Waals surface area (Å²) in [6.45, 7) is 2.14. The highest BCUT2D eigenvalue weighted by Crippen LogP contribution is 2.39. The second kappa shape index (κ2) is 7.63. The fourth-order valence-electron chi connectivity index (χ4n) is 5.90. The van der Waals surface area contributed by atoms with E-state index in [1.807, 2.05) is 6.07 Å². The molecule has 1 aromatic carbocycles. The Balaban J connectivity index is 1.32. The highest BCUT2D eigenvalue weighted by atomic mass is 32.1. The fraction of sp³-hybridized carbons (Fsp3) is 0.385. The van der Waals surface area contributed by atoms with E-state index in [0.717, 1.165) is 85.8 Å². The van der Waals surface area contributed by atoms with E-state index in [1.165, 1.54) is 33.3 Å². The maximum absolute atomic E-state index is 13.2. The smallest absolute Gasteiger partial charge is 0.345 e. The van der Waals surface area contributed by atoms with Crippen LogP contribution < -0.4 is 16.1 Å². The minimum Gasteiger partial charge on any atom is -0.422 e. The SMILES string of the molecule is O=c1oc2c3c4c(cc2cc1/C=N\n1cnc2sc5c(c2c1=O)CCCC5)CCCN4CCC3. The van der Waals surface area contributed by atoms with Crippen molar-refractivity contribution in [3.63, 3.8) is 0 Å².